The second kappa shape index (κ2) is 26.9. The zero-order valence-corrected chi connectivity index (χ0v) is 42.2. The average Bonchev–Trinajstić information content (AvgIpc) is 3.85. The predicted octanol–water partition coefficient (Wildman–Crippen LogP) is 7.47. The van der Waals surface area contributed by atoms with Gasteiger partial charge in [0.05, 0.1) is 12.0 Å². The molecule has 2 aromatic rings. The van der Waals surface area contributed by atoms with Crippen molar-refractivity contribution in [2.24, 2.45) is 17.8 Å². The molecule has 4 rings (SSSR count). The number of nitrogens with one attached hydrogen (secondary N) is 3. The van der Waals surface area contributed by atoms with Gasteiger partial charge < -0.3 is 30.9 Å². The van der Waals surface area contributed by atoms with Crippen LogP contribution in [0.2, 0.25) is 0 Å². The van der Waals surface area contributed by atoms with Gasteiger partial charge in [0.15, 0.2) is 23.1 Å². The standard InChI is InChI=1S/C51H73N3O9S3/c1-33(2)26-40(48(61)43(58)29-55)49(62)54-41(28-35-19-21-37(22-20-35)47(60)36-14-9-8-10-15-36)42(57)16-13-25-63-30-39(56)23-24-50(4,5)65-66-51(6,7)32-52-45(59)18-12-11-17-44-46-38(31-64-44)27-34(3)53-46/h8-10,14-15,19-22,33,38,40-41,44,46,48,53,55,61H,3,11-13,16-18,23-32H2,1-2,4-7H3,(H,52,59)(H,54,62)/t38-,40+,41-,44?,46-,48-/m1/s1. The van der Waals surface area contributed by atoms with Gasteiger partial charge in [0, 0.05) is 70.0 Å². The number of allylic oxidation sites excluding steroid dienone is 1. The molecule has 66 heavy (non-hydrogen) atoms. The lowest BCUT2D eigenvalue weighted by molar-refractivity contribution is -0.142. The average molecular weight is 968 g/mol. The summed E-state index contributed by atoms with van der Waals surface area (Å²) < 4.78 is 5.27. The van der Waals surface area contributed by atoms with Gasteiger partial charge >= 0.3 is 0 Å². The number of rotatable bonds is 31. The van der Waals surface area contributed by atoms with Crippen molar-refractivity contribution in [1.29, 1.82) is 0 Å². The predicted molar refractivity (Wildman–Crippen MR) is 268 cm³/mol. The first-order chi connectivity index (χ1) is 31.3. The minimum Gasteiger partial charge on any atom is -0.388 e. The SMILES string of the molecule is C=C1C[C@@H]2CSC(CCCCC(=O)NCC(C)(C)SSC(C)(C)CCC(=O)COCCCC(=O)[C@@H](Cc3ccc(C(=O)c4ccccc4)cc3)NC(=O)[C@@H](CC(C)C)[C@@H](O)C(=O)CO)[C@@H]2N1. The van der Waals surface area contributed by atoms with Crippen molar-refractivity contribution in [1.82, 2.24) is 16.0 Å². The van der Waals surface area contributed by atoms with Crippen LogP contribution in [-0.2, 0) is 35.1 Å². The molecule has 6 atom stereocenters. The van der Waals surface area contributed by atoms with E-state index in [2.05, 4.69) is 62.0 Å². The van der Waals surface area contributed by atoms with Crippen molar-refractivity contribution in [2.45, 2.75) is 145 Å². The molecule has 2 amide bonds. The smallest absolute Gasteiger partial charge is 0.226 e. The zero-order chi connectivity index (χ0) is 48.4. The maximum Gasteiger partial charge on any atom is 0.226 e. The van der Waals surface area contributed by atoms with E-state index in [1.54, 1.807) is 70.1 Å². The van der Waals surface area contributed by atoms with Gasteiger partial charge in [0.25, 0.3) is 0 Å². The van der Waals surface area contributed by atoms with Crippen LogP contribution in [0.15, 0.2) is 66.9 Å². The summed E-state index contributed by atoms with van der Waals surface area (Å²) in [4.78, 5) is 78.0. The maximum absolute atomic E-state index is 13.7. The van der Waals surface area contributed by atoms with Crippen LogP contribution >= 0.6 is 33.3 Å². The van der Waals surface area contributed by atoms with Crippen LogP contribution in [0.3, 0.4) is 0 Å². The molecule has 2 heterocycles. The fourth-order valence-electron chi connectivity index (χ4n) is 8.09. The van der Waals surface area contributed by atoms with Gasteiger partial charge in [0.1, 0.15) is 19.3 Å². The van der Waals surface area contributed by atoms with Gasteiger partial charge in [-0.15, -0.1) is 0 Å². The Balaban J connectivity index is 1.18. The van der Waals surface area contributed by atoms with Crippen molar-refractivity contribution in [2.75, 3.05) is 32.1 Å². The van der Waals surface area contributed by atoms with E-state index in [0.29, 0.717) is 66.1 Å². The van der Waals surface area contributed by atoms with Crippen LogP contribution in [0, 0.1) is 17.8 Å². The molecule has 0 saturated carbocycles. The Labute approximate surface area is 404 Å². The second-order valence-corrected chi connectivity index (χ2v) is 24.3. The molecule has 5 N–H and O–H groups in total. The van der Waals surface area contributed by atoms with Crippen molar-refractivity contribution >= 4 is 68.3 Å². The van der Waals surface area contributed by atoms with Crippen LogP contribution in [-0.4, -0.2) is 110 Å². The molecule has 2 saturated heterocycles. The van der Waals surface area contributed by atoms with Crippen molar-refractivity contribution in [3.8, 4) is 0 Å². The summed E-state index contributed by atoms with van der Waals surface area (Å²) in [7, 11) is 3.42. The number of Topliss-reactive ketones (excluding diaryl/α,β-unsaturated/α-hetero) is 3. The number of ketones is 4. The fraction of sp³-hybridized carbons (Fsp3) is 0.608. The quantitative estimate of drug-likeness (QED) is 0.0285. The molecule has 12 nitrogen and oxygen atoms in total. The molecule has 2 aliphatic heterocycles. The van der Waals surface area contributed by atoms with Crippen molar-refractivity contribution in [3.05, 3.63) is 83.6 Å². The highest BCUT2D eigenvalue weighted by Gasteiger charge is 2.41. The second-order valence-electron chi connectivity index (χ2n) is 19.4. The summed E-state index contributed by atoms with van der Waals surface area (Å²) in [6.07, 6.45) is 4.47. The Hall–Kier alpha value is -3.47. The van der Waals surface area contributed by atoms with Gasteiger partial charge in [-0.3, -0.25) is 28.8 Å². The Bertz CT molecular complexity index is 1940. The molecule has 0 spiro atoms. The molecule has 2 fully saturated rings. The number of hydrogen-bond donors (Lipinski definition) is 5. The van der Waals surface area contributed by atoms with Gasteiger partial charge in [-0.05, 0) is 95.8 Å². The number of carbonyl (C=O) groups is 6. The number of aliphatic hydroxyl groups excluding tert-OH is 2. The number of amides is 2. The first-order valence-corrected chi connectivity index (χ1v) is 26.6. The van der Waals surface area contributed by atoms with Crippen LogP contribution < -0.4 is 16.0 Å². The maximum atomic E-state index is 13.7. The van der Waals surface area contributed by atoms with E-state index in [4.69, 9.17) is 4.74 Å². The van der Waals surface area contributed by atoms with E-state index in [1.165, 1.54) is 5.75 Å². The number of benzene rings is 2. The number of ether oxygens (including phenoxy) is 1. The minimum atomic E-state index is -1.73. The summed E-state index contributed by atoms with van der Waals surface area (Å²) in [5.41, 5.74) is 2.86. The zero-order valence-electron chi connectivity index (χ0n) is 39.7. The Morgan fingerprint density at radius 2 is 1.58 bits per heavy atom. The number of fused-ring (bicyclic) bond motifs is 1. The van der Waals surface area contributed by atoms with Crippen LogP contribution in [0.5, 0.6) is 0 Å². The summed E-state index contributed by atoms with van der Waals surface area (Å²) in [5, 5.41) is 30.1. The summed E-state index contributed by atoms with van der Waals surface area (Å²) >= 11 is 2.06. The Morgan fingerprint density at radius 3 is 2.26 bits per heavy atom. The fourth-order valence-corrected chi connectivity index (χ4v) is 12.3. The van der Waals surface area contributed by atoms with E-state index in [0.717, 1.165) is 31.4 Å². The highest BCUT2D eigenvalue weighted by molar-refractivity contribution is 8.77. The third kappa shape index (κ3) is 18.6. The summed E-state index contributed by atoms with van der Waals surface area (Å²) in [6, 6.07) is 15.2. The van der Waals surface area contributed by atoms with Crippen LogP contribution in [0.1, 0.15) is 127 Å². The Morgan fingerprint density at radius 1 is 0.894 bits per heavy atom. The van der Waals surface area contributed by atoms with E-state index in [9.17, 15) is 39.0 Å². The molecular weight excluding hydrogens is 895 g/mol. The monoisotopic (exact) mass is 967 g/mol. The number of carbonyl (C=O) groups excluding carboxylic acids is 6. The number of unbranched alkanes of at least 4 members (excludes halogenated alkanes) is 1. The topological polar surface area (TPSA) is 188 Å². The molecule has 2 aromatic carbocycles. The normalized spacial score (nSPS) is 18.6. The van der Waals surface area contributed by atoms with E-state index in [-0.39, 0.29) is 71.1 Å². The lowest BCUT2D eigenvalue weighted by atomic mass is 9.88. The number of aliphatic hydroxyl groups is 2. The highest BCUT2D eigenvalue weighted by Crippen LogP contribution is 2.45. The van der Waals surface area contributed by atoms with E-state index >= 15 is 0 Å². The number of thioether (sulfide) groups is 1. The first-order valence-electron chi connectivity index (χ1n) is 23.4. The largest absolute Gasteiger partial charge is 0.388 e. The number of hydrogen-bond acceptors (Lipinski definition) is 13. The van der Waals surface area contributed by atoms with Gasteiger partial charge in [-0.1, -0.05) is 103 Å². The molecule has 0 bridgehead atoms. The van der Waals surface area contributed by atoms with E-state index < -0.39 is 36.4 Å². The third-order valence-electron chi connectivity index (χ3n) is 12.0. The van der Waals surface area contributed by atoms with Gasteiger partial charge in [-0.2, -0.15) is 11.8 Å². The molecule has 15 heteroatoms. The summed E-state index contributed by atoms with van der Waals surface area (Å²) in [6.45, 7) is 15.9. The molecule has 0 radical (unpaired) electrons. The third-order valence-corrected chi connectivity index (χ3v) is 17.8. The first kappa shape index (κ1) is 55.1. The molecular formula is C51H73N3O9S3. The summed E-state index contributed by atoms with van der Waals surface area (Å²) in [5.74, 6) is -1.31. The van der Waals surface area contributed by atoms with Crippen LogP contribution in [0.4, 0.5) is 0 Å². The van der Waals surface area contributed by atoms with Gasteiger partial charge in [-0.25, -0.2) is 0 Å². The van der Waals surface area contributed by atoms with Crippen molar-refractivity contribution in [3.63, 3.8) is 0 Å². The molecule has 0 aliphatic carbocycles. The lowest BCUT2D eigenvalue weighted by Crippen LogP contribution is -2.49. The molecule has 0 aromatic heterocycles. The highest BCUT2D eigenvalue weighted by atomic mass is 33.1. The lowest BCUT2D eigenvalue weighted by Gasteiger charge is -2.30. The molecule has 1 unspecified atom stereocenters. The molecule has 364 valence electrons. The van der Waals surface area contributed by atoms with E-state index in [1.807, 2.05) is 19.9 Å². The minimum absolute atomic E-state index is 0.0309. The molecule has 2 aliphatic rings. The van der Waals surface area contributed by atoms with Crippen LogP contribution in [0.25, 0.3) is 0 Å². The van der Waals surface area contributed by atoms with Crippen molar-refractivity contribution < 1.29 is 43.7 Å². The van der Waals surface area contributed by atoms with Gasteiger partial charge in [0.2, 0.25) is 11.8 Å². The Kier molecular flexibility index (Phi) is 22.5.